The molecule has 1 aliphatic rings. The summed E-state index contributed by atoms with van der Waals surface area (Å²) in [6, 6.07) is 8.75. The lowest BCUT2D eigenvalue weighted by Crippen LogP contribution is -2.24. The van der Waals surface area contributed by atoms with Crippen molar-refractivity contribution in [3.8, 4) is 5.75 Å². The Morgan fingerprint density at radius 1 is 1.32 bits per heavy atom. The van der Waals surface area contributed by atoms with Crippen molar-refractivity contribution >= 4 is 0 Å². The molecule has 2 heterocycles. The summed E-state index contributed by atoms with van der Waals surface area (Å²) in [6.45, 7) is 7.33. The maximum atomic E-state index is 5.94. The van der Waals surface area contributed by atoms with Crippen molar-refractivity contribution < 1.29 is 4.74 Å². The molecular formula is C18H23N3O. The van der Waals surface area contributed by atoms with Crippen LogP contribution in [0.5, 0.6) is 5.75 Å². The first-order valence-corrected chi connectivity index (χ1v) is 7.71. The molecule has 0 fully saturated rings. The molecule has 0 N–H and O–H groups in total. The Morgan fingerprint density at radius 3 is 2.86 bits per heavy atom. The Hall–Kier alpha value is -1.94. The largest absolute Gasteiger partial charge is 0.487 e. The van der Waals surface area contributed by atoms with Crippen LogP contribution in [-0.4, -0.2) is 27.5 Å². The second-order valence-electron chi connectivity index (χ2n) is 6.71. The topological polar surface area (TPSA) is 38.2 Å². The predicted molar refractivity (Wildman–Crippen MR) is 86.8 cm³/mol. The van der Waals surface area contributed by atoms with Gasteiger partial charge in [-0.05, 0) is 51.1 Å². The van der Waals surface area contributed by atoms with Crippen molar-refractivity contribution in [2.45, 2.75) is 45.4 Å². The Labute approximate surface area is 132 Å². The molecule has 0 bridgehead atoms. The average Bonchev–Trinajstić information content (AvgIpc) is 2.80. The average molecular weight is 297 g/mol. The summed E-state index contributed by atoms with van der Waals surface area (Å²) >= 11 is 0. The van der Waals surface area contributed by atoms with Gasteiger partial charge in [-0.25, -0.2) is 9.97 Å². The number of benzene rings is 1. The number of hydrogen-bond donors (Lipinski definition) is 0. The van der Waals surface area contributed by atoms with Crippen LogP contribution in [-0.2, 0) is 13.0 Å². The quantitative estimate of drug-likeness (QED) is 0.867. The minimum Gasteiger partial charge on any atom is -0.487 e. The van der Waals surface area contributed by atoms with Crippen LogP contribution in [0.4, 0.5) is 0 Å². The summed E-state index contributed by atoms with van der Waals surface area (Å²) in [5.74, 6) is 1.03. The van der Waals surface area contributed by atoms with E-state index in [1.54, 1.807) is 12.5 Å². The minimum absolute atomic E-state index is 0.0822. The molecule has 4 nitrogen and oxygen atoms in total. The fraction of sp³-hybridized carbons (Fsp3) is 0.444. The van der Waals surface area contributed by atoms with E-state index in [2.05, 4.69) is 60.9 Å². The fourth-order valence-corrected chi connectivity index (χ4v) is 2.96. The molecule has 22 heavy (non-hydrogen) atoms. The van der Waals surface area contributed by atoms with Gasteiger partial charge in [0.25, 0.3) is 0 Å². The lowest BCUT2D eigenvalue weighted by atomic mass is 10.00. The minimum atomic E-state index is -0.0822. The zero-order valence-corrected chi connectivity index (χ0v) is 13.7. The standard InChI is InChI=1S/C18H23N3O/c1-13(16-7-8-19-12-20-16)21(4)11-14-5-6-17-15(9-14)10-18(2,3)22-17/h5-9,12-13H,10-11H2,1-4H3. The molecule has 0 spiro atoms. The van der Waals surface area contributed by atoms with E-state index < -0.39 is 0 Å². The molecule has 0 amide bonds. The summed E-state index contributed by atoms with van der Waals surface area (Å²) in [4.78, 5) is 10.6. The van der Waals surface area contributed by atoms with Crippen molar-refractivity contribution in [3.63, 3.8) is 0 Å². The third-order valence-corrected chi connectivity index (χ3v) is 4.25. The normalized spacial score (nSPS) is 17.1. The summed E-state index contributed by atoms with van der Waals surface area (Å²) in [6.07, 6.45) is 4.37. The number of aromatic nitrogens is 2. The lowest BCUT2D eigenvalue weighted by molar-refractivity contribution is 0.138. The second-order valence-corrected chi connectivity index (χ2v) is 6.71. The fourth-order valence-electron chi connectivity index (χ4n) is 2.96. The molecule has 0 saturated carbocycles. The van der Waals surface area contributed by atoms with E-state index in [0.29, 0.717) is 0 Å². The highest BCUT2D eigenvalue weighted by Gasteiger charge is 2.30. The molecular weight excluding hydrogens is 274 g/mol. The van der Waals surface area contributed by atoms with Crippen LogP contribution < -0.4 is 4.74 Å². The summed E-state index contributed by atoms with van der Waals surface area (Å²) in [7, 11) is 2.13. The van der Waals surface area contributed by atoms with E-state index in [1.165, 1.54) is 11.1 Å². The smallest absolute Gasteiger partial charge is 0.123 e. The van der Waals surface area contributed by atoms with Gasteiger partial charge in [-0.15, -0.1) is 0 Å². The van der Waals surface area contributed by atoms with Crippen molar-refractivity contribution in [1.29, 1.82) is 0 Å². The SMILES string of the molecule is CC(c1ccncn1)N(C)Cc1ccc2c(c1)CC(C)(C)O2. The van der Waals surface area contributed by atoms with E-state index in [0.717, 1.165) is 24.4 Å². The van der Waals surface area contributed by atoms with E-state index in [1.807, 2.05) is 6.07 Å². The first kappa shape index (κ1) is 15.0. The van der Waals surface area contributed by atoms with Crippen LogP contribution in [0.1, 0.15) is 43.6 Å². The van der Waals surface area contributed by atoms with Crippen molar-refractivity contribution in [3.05, 3.63) is 53.6 Å². The Bertz CT molecular complexity index is 655. The Morgan fingerprint density at radius 2 is 2.14 bits per heavy atom. The maximum Gasteiger partial charge on any atom is 0.123 e. The van der Waals surface area contributed by atoms with Gasteiger partial charge in [0.1, 0.15) is 17.7 Å². The van der Waals surface area contributed by atoms with Gasteiger partial charge >= 0.3 is 0 Å². The summed E-state index contributed by atoms with van der Waals surface area (Å²) in [5.41, 5.74) is 3.58. The van der Waals surface area contributed by atoms with Crippen molar-refractivity contribution in [2.24, 2.45) is 0 Å². The third-order valence-electron chi connectivity index (χ3n) is 4.25. The van der Waals surface area contributed by atoms with Gasteiger partial charge in [0.2, 0.25) is 0 Å². The second kappa shape index (κ2) is 5.69. The van der Waals surface area contributed by atoms with Gasteiger partial charge < -0.3 is 4.74 Å². The van der Waals surface area contributed by atoms with Crippen LogP contribution in [0.3, 0.4) is 0 Å². The zero-order chi connectivity index (χ0) is 15.7. The molecule has 4 heteroatoms. The third kappa shape index (κ3) is 3.12. The van der Waals surface area contributed by atoms with Crippen LogP contribution in [0, 0.1) is 0 Å². The van der Waals surface area contributed by atoms with Gasteiger partial charge in [0.15, 0.2) is 0 Å². The Balaban J connectivity index is 1.72. The molecule has 2 aromatic rings. The van der Waals surface area contributed by atoms with Crippen LogP contribution >= 0.6 is 0 Å². The molecule has 1 aromatic carbocycles. The number of hydrogen-bond acceptors (Lipinski definition) is 4. The number of nitrogens with zero attached hydrogens (tertiary/aromatic N) is 3. The highest BCUT2D eigenvalue weighted by molar-refractivity contribution is 5.41. The van der Waals surface area contributed by atoms with Crippen LogP contribution in [0.25, 0.3) is 0 Å². The van der Waals surface area contributed by atoms with Crippen molar-refractivity contribution in [1.82, 2.24) is 14.9 Å². The Kier molecular flexibility index (Phi) is 3.87. The van der Waals surface area contributed by atoms with Gasteiger partial charge in [-0.1, -0.05) is 12.1 Å². The number of fused-ring (bicyclic) bond motifs is 1. The lowest BCUT2D eigenvalue weighted by Gasteiger charge is -2.24. The molecule has 0 aliphatic carbocycles. The van der Waals surface area contributed by atoms with E-state index in [9.17, 15) is 0 Å². The number of ether oxygens (including phenoxy) is 1. The highest BCUT2D eigenvalue weighted by Crippen LogP contribution is 2.35. The van der Waals surface area contributed by atoms with Crippen LogP contribution in [0.2, 0.25) is 0 Å². The maximum absolute atomic E-state index is 5.94. The monoisotopic (exact) mass is 297 g/mol. The predicted octanol–water partition coefficient (Wildman–Crippen LogP) is 3.38. The van der Waals surface area contributed by atoms with Gasteiger partial charge in [0.05, 0.1) is 5.69 Å². The zero-order valence-electron chi connectivity index (χ0n) is 13.7. The molecule has 3 rings (SSSR count). The van der Waals surface area contributed by atoms with Gasteiger partial charge in [0, 0.05) is 25.2 Å². The molecule has 0 radical (unpaired) electrons. The van der Waals surface area contributed by atoms with Crippen LogP contribution in [0.15, 0.2) is 36.8 Å². The van der Waals surface area contributed by atoms with E-state index in [4.69, 9.17) is 4.74 Å². The molecule has 1 atom stereocenters. The van der Waals surface area contributed by atoms with Gasteiger partial charge in [-0.2, -0.15) is 0 Å². The van der Waals surface area contributed by atoms with Gasteiger partial charge in [-0.3, -0.25) is 4.90 Å². The molecule has 0 saturated heterocycles. The first-order valence-electron chi connectivity index (χ1n) is 7.71. The molecule has 1 aliphatic heterocycles. The highest BCUT2D eigenvalue weighted by atomic mass is 16.5. The molecule has 116 valence electrons. The van der Waals surface area contributed by atoms with E-state index >= 15 is 0 Å². The summed E-state index contributed by atoms with van der Waals surface area (Å²) in [5, 5.41) is 0. The summed E-state index contributed by atoms with van der Waals surface area (Å²) < 4.78 is 5.94. The number of rotatable bonds is 4. The first-order chi connectivity index (χ1) is 10.4. The molecule has 1 aromatic heterocycles. The van der Waals surface area contributed by atoms with Crippen molar-refractivity contribution in [2.75, 3.05) is 7.05 Å². The molecule has 1 unspecified atom stereocenters. The van der Waals surface area contributed by atoms with E-state index in [-0.39, 0.29) is 11.6 Å².